The predicted octanol–water partition coefficient (Wildman–Crippen LogP) is 2.78. The van der Waals surface area contributed by atoms with Crippen LogP contribution in [0.3, 0.4) is 0 Å². The van der Waals surface area contributed by atoms with Crippen molar-refractivity contribution in [2.45, 2.75) is 51.1 Å². The number of nitrogens with zero attached hydrogens (tertiary/aromatic N) is 1. The third kappa shape index (κ3) is 3.77. The summed E-state index contributed by atoms with van der Waals surface area (Å²) < 4.78 is 6.02. The van der Waals surface area contributed by atoms with E-state index in [0.717, 1.165) is 35.9 Å². The Labute approximate surface area is 120 Å². The highest BCUT2D eigenvalue weighted by Gasteiger charge is 2.22. The van der Waals surface area contributed by atoms with Gasteiger partial charge in [0.2, 0.25) is 0 Å². The quantitative estimate of drug-likeness (QED) is 0.898. The maximum absolute atomic E-state index is 6.02. The van der Waals surface area contributed by atoms with Gasteiger partial charge in [-0.3, -0.25) is 4.90 Å². The zero-order chi connectivity index (χ0) is 13.2. The SMILES string of the molecule is Cc1cc(CN2CCSC(C)C2)oc1CNC1CC1. The highest BCUT2D eigenvalue weighted by Crippen LogP contribution is 2.23. The average molecular weight is 280 g/mol. The molecule has 1 unspecified atom stereocenters. The summed E-state index contributed by atoms with van der Waals surface area (Å²) in [5, 5.41) is 4.28. The topological polar surface area (TPSA) is 28.4 Å². The van der Waals surface area contributed by atoms with E-state index in [0.29, 0.717) is 0 Å². The van der Waals surface area contributed by atoms with Crippen molar-refractivity contribution in [3.63, 3.8) is 0 Å². The van der Waals surface area contributed by atoms with Gasteiger partial charge in [-0.1, -0.05) is 6.92 Å². The summed E-state index contributed by atoms with van der Waals surface area (Å²) in [6, 6.07) is 2.96. The van der Waals surface area contributed by atoms with Crippen LogP contribution in [-0.2, 0) is 13.1 Å². The lowest BCUT2D eigenvalue weighted by Gasteiger charge is -2.29. The van der Waals surface area contributed by atoms with Crippen molar-refractivity contribution < 1.29 is 4.42 Å². The fourth-order valence-electron chi connectivity index (χ4n) is 2.62. The molecule has 0 radical (unpaired) electrons. The zero-order valence-corrected chi connectivity index (χ0v) is 12.8. The minimum absolute atomic E-state index is 0.743. The Hall–Kier alpha value is -0.450. The molecule has 1 N–H and O–H groups in total. The summed E-state index contributed by atoms with van der Waals surface area (Å²) in [5.41, 5.74) is 1.29. The number of furan rings is 1. The Bertz CT molecular complexity index is 428. The van der Waals surface area contributed by atoms with Gasteiger partial charge in [-0.05, 0) is 31.4 Å². The van der Waals surface area contributed by atoms with Gasteiger partial charge < -0.3 is 9.73 Å². The molecule has 4 heteroatoms. The third-order valence-electron chi connectivity index (χ3n) is 3.90. The van der Waals surface area contributed by atoms with Crippen LogP contribution in [0, 0.1) is 6.92 Å². The molecule has 1 saturated heterocycles. The maximum atomic E-state index is 6.02. The van der Waals surface area contributed by atoms with Gasteiger partial charge >= 0.3 is 0 Å². The number of nitrogens with one attached hydrogen (secondary N) is 1. The molecule has 106 valence electrons. The molecule has 19 heavy (non-hydrogen) atoms. The van der Waals surface area contributed by atoms with E-state index < -0.39 is 0 Å². The van der Waals surface area contributed by atoms with E-state index in [1.807, 2.05) is 0 Å². The van der Waals surface area contributed by atoms with Crippen LogP contribution in [0.5, 0.6) is 0 Å². The van der Waals surface area contributed by atoms with Crippen LogP contribution in [0.15, 0.2) is 10.5 Å². The molecule has 1 aliphatic carbocycles. The smallest absolute Gasteiger partial charge is 0.120 e. The van der Waals surface area contributed by atoms with Crippen molar-refractivity contribution in [3.8, 4) is 0 Å². The van der Waals surface area contributed by atoms with Gasteiger partial charge in [0.25, 0.3) is 0 Å². The largest absolute Gasteiger partial charge is 0.463 e. The molecule has 2 aliphatic rings. The zero-order valence-electron chi connectivity index (χ0n) is 11.9. The molecule has 2 heterocycles. The lowest BCUT2D eigenvalue weighted by molar-refractivity contribution is 0.251. The predicted molar refractivity (Wildman–Crippen MR) is 80.5 cm³/mol. The van der Waals surface area contributed by atoms with Gasteiger partial charge in [0.05, 0.1) is 13.1 Å². The van der Waals surface area contributed by atoms with Crippen molar-refractivity contribution in [1.29, 1.82) is 0 Å². The second kappa shape index (κ2) is 5.90. The molecule has 1 aliphatic heterocycles. The third-order valence-corrected chi connectivity index (χ3v) is 5.04. The summed E-state index contributed by atoms with van der Waals surface area (Å²) in [6.45, 7) is 8.70. The van der Waals surface area contributed by atoms with Crippen LogP contribution in [0.2, 0.25) is 0 Å². The Morgan fingerprint density at radius 1 is 1.47 bits per heavy atom. The lowest BCUT2D eigenvalue weighted by atomic mass is 10.2. The molecule has 3 nitrogen and oxygen atoms in total. The fourth-order valence-corrected chi connectivity index (χ4v) is 3.70. The van der Waals surface area contributed by atoms with Crippen LogP contribution in [0.4, 0.5) is 0 Å². The summed E-state index contributed by atoms with van der Waals surface area (Å²) in [7, 11) is 0. The summed E-state index contributed by atoms with van der Waals surface area (Å²) >= 11 is 2.08. The Kier molecular flexibility index (Phi) is 4.20. The molecule has 1 atom stereocenters. The lowest BCUT2D eigenvalue weighted by Crippen LogP contribution is -2.35. The second-order valence-corrected chi connectivity index (χ2v) is 7.44. The molecule has 0 aromatic carbocycles. The summed E-state index contributed by atoms with van der Waals surface area (Å²) in [4.78, 5) is 2.51. The Morgan fingerprint density at radius 3 is 3.05 bits per heavy atom. The second-order valence-electron chi connectivity index (χ2n) is 5.89. The molecule has 0 bridgehead atoms. The van der Waals surface area contributed by atoms with E-state index in [4.69, 9.17) is 4.42 Å². The van der Waals surface area contributed by atoms with Gasteiger partial charge in [-0.15, -0.1) is 0 Å². The summed E-state index contributed by atoms with van der Waals surface area (Å²) in [6.07, 6.45) is 2.66. The first-order valence-electron chi connectivity index (χ1n) is 7.36. The van der Waals surface area contributed by atoms with E-state index in [1.54, 1.807) is 0 Å². The van der Waals surface area contributed by atoms with Gasteiger partial charge in [0, 0.05) is 30.1 Å². The molecule has 0 amide bonds. The molecule has 1 aromatic heterocycles. The molecule has 1 saturated carbocycles. The van der Waals surface area contributed by atoms with E-state index >= 15 is 0 Å². The Morgan fingerprint density at radius 2 is 2.32 bits per heavy atom. The molecule has 3 rings (SSSR count). The van der Waals surface area contributed by atoms with Crippen LogP contribution in [0.1, 0.15) is 36.8 Å². The van der Waals surface area contributed by atoms with Crippen LogP contribution in [-0.4, -0.2) is 35.0 Å². The van der Waals surface area contributed by atoms with Gasteiger partial charge in [0.1, 0.15) is 11.5 Å². The van der Waals surface area contributed by atoms with E-state index in [2.05, 4.69) is 41.9 Å². The first kappa shape index (κ1) is 13.5. The molecular formula is C15H24N2OS. The number of rotatable bonds is 5. The van der Waals surface area contributed by atoms with Crippen LogP contribution in [0.25, 0.3) is 0 Å². The molecule has 2 fully saturated rings. The van der Waals surface area contributed by atoms with Gasteiger partial charge in [-0.2, -0.15) is 11.8 Å². The monoisotopic (exact) mass is 280 g/mol. The number of hydrogen-bond acceptors (Lipinski definition) is 4. The molecule has 0 spiro atoms. The van der Waals surface area contributed by atoms with Crippen molar-refractivity contribution in [2.24, 2.45) is 0 Å². The Balaban J connectivity index is 1.56. The number of aryl methyl sites for hydroxylation is 1. The highest BCUT2D eigenvalue weighted by atomic mass is 32.2. The number of thioether (sulfide) groups is 1. The standard InChI is InChI=1S/C15H24N2OS/c1-11-7-14(10-17-5-6-19-12(2)9-17)18-15(11)8-16-13-3-4-13/h7,12-13,16H,3-6,8-10H2,1-2H3. The van der Waals surface area contributed by atoms with Crippen LogP contribution < -0.4 is 5.32 Å². The minimum Gasteiger partial charge on any atom is -0.463 e. The normalized spacial score (nSPS) is 24.8. The van der Waals surface area contributed by atoms with Crippen LogP contribution >= 0.6 is 11.8 Å². The molecule has 1 aromatic rings. The number of hydrogen-bond donors (Lipinski definition) is 1. The van der Waals surface area contributed by atoms with E-state index in [1.165, 1.54) is 37.2 Å². The summed E-state index contributed by atoms with van der Waals surface area (Å²) in [5.74, 6) is 3.50. The van der Waals surface area contributed by atoms with E-state index in [-0.39, 0.29) is 0 Å². The minimum atomic E-state index is 0.743. The van der Waals surface area contributed by atoms with Crippen molar-refractivity contribution in [2.75, 3.05) is 18.8 Å². The van der Waals surface area contributed by atoms with E-state index in [9.17, 15) is 0 Å². The van der Waals surface area contributed by atoms with Gasteiger partial charge in [-0.25, -0.2) is 0 Å². The first-order chi connectivity index (χ1) is 9.20. The van der Waals surface area contributed by atoms with Gasteiger partial charge in [0.15, 0.2) is 0 Å². The van der Waals surface area contributed by atoms with Crippen molar-refractivity contribution in [3.05, 3.63) is 23.2 Å². The van der Waals surface area contributed by atoms with Crippen molar-refractivity contribution in [1.82, 2.24) is 10.2 Å². The average Bonchev–Trinajstić information content (AvgIpc) is 3.12. The maximum Gasteiger partial charge on any atom is 0.120 e. The highest BCUT2D eigenvalue weighted by molar-refractivity contribution is 7.99. The fraction of sp³-hybridized carbons (Fsp3) is 0.733. The first-order valence-corrected chi connectivity index (χ1v) is 8.41. The molecular weight excluding hydrogens is 256 g/mol. The van der Waals surface area contributed by atoms with Crippen molar-refractivity contribution >= 4 is 11.8 Å².